The van der Waals surface area contributed by atoms with Gasteiger partial charge in [0.25, 0.3) is 0 Å². The van der Waals surface area contributed by atoms with Crippen molar-refractivity contribution in [1.29, 1.82) is 0 Å². The number of aromatic amines is 1. The molecular weight excluding hydrogens is 372 g/mol. The van der Waals surface area contributed by atoms with E-state index in [1.165, 1.54) is 0 Å². The molecule has 6 heteroatoms. The van der Waals surface area contributed by atoms with Gasteiger partial charge in [-0.15, -0.1) is 0 Å². The van der Waals surface area contributed by atoms with E-state index in [1.54, 1.807) is 12.3 Å². The van der Waals surface area contributed by atoms with E-state index < -0.39 is 0 Å². The monoisotopic (exact) mass is 390 g/mol. The van der Waals surface area contributed by atoms with Crippen molar-refractivity contribution in [3.63, 3.8) is 0 Å². The van der Waals surface area contributed by atoms with Crippen molar-refractivity contribution in [2.75, 3.05) is 0 Å². The Bertz CT molecular complexity index is 1090. The van der Waals surface area contributed by atoms with E-state index in [2.05, 4.69) is 26.0 Å². The third kappa shape index (κ3) is 4.05. The number of H-pyrrole nitrogens is 1. The van der Waals surface area contributed by atoms with Gasteiger partial charge in [0.05, 0.1) is 17.6 Å². The maximum absolute atomic E-state index is 5.93. The van der Waals surface area contributed by atoms with Crippen molar-refractivity contribution in [2.45, 2.75) is 20.5 Å². The quantitative estimate of drug-likeness (QED) is 0.464. The van der Waals surface area contributed by atoms with Crippen LogP contribution in [-0.2, 0) is 6.61 Å². The minimum absolute atomic E-state index is 0.443. The minimum atomic E-state index is 0.443. The molecule has 0 amide bonds. The Morgan fingerprint density at radius 2 is 1.75 bits per heavy atom. The van der Waals surface area contributed by atoms with E-state index in [1.807, 2.05) is 56.6 Å². The Morgan fingerprint density at radius 1 is 0.893 bits per heavy atom. The third-order valence-electron chi connectivity index (χ3n) is 4.41. The molecule has 1 aromatic carbocycles. The predicted molar refractivity (Wildman–Crippen MR) is 110 cm³/mol. The molecule has 0 radical (unpaired) electrons. The lowest BCUT2D eigenvalue weighted by Gasteiger charge is -2.10. The fraction of sp³-hybridized carbons (Fsp3) is 0.136. The first-order valence-electron chi connectivity index (χ1n) is 8.91. The van der Waals surface area contributed by atoms with Gasteiger partial charge < -0.3 is 9.72 Å². The number of pyridine rings is 2. The van der Waals surface area contributed by atoms with Crippen LogP contribution in [0.3, 0.4) is 0 Å². The lowest BCUT2D eigenvalue weighted by atomic mass is 10.1. The molecule has 28 heavy (non-hydrogen) atoms. The van der Waals surface area contributed by atoms with Crippen molar-refractivity contribution in [1.82, 2.24) is 19.9 Å². The predicted octanol–water partition coefficient (Wildman–Crippen LogP) is 5.38. The number of nitrogens with zero attached hydrogens (tertiary/aromatic N) is 3. The molecule has 0 unspecified atom stereocenters. The second-order valence-corrected chi connectivity index (χ2v) is 7.00. The minimum Gasteiger partial charge on any atom is -0.487 e. The molecule has 3 aromatic heterocycles. The number of rotatable bonds is 5. The SMILES string of the molecule is Cc1ccc(COc2ccc(-c3cnc(-c4ccc(Cl)nc4)[nH]3)cc2C)nc1. The molecule has 0 aliphatic rings. The molecule has 0 fully saturated rings. The molecule has 5 nitrogen and oxygen atoms in total. The van der Waals surface area contributed by atoms with Crippen LogP contribution in [0.2, 0.25) is 5.15 Å². The number of aryl methyl sites for hydroxylation is 2. The van der Waals surface area contributed by atoms with Gasteiger partial charge in [-0.1, -0.05) is 17.7 Å². The Kier molecular flexibility index (Phi) is 5.08. The number of ether oxygens (including phenoxy) is 1. The van der Waals surface area contributed by atoms with Crippen LogP contribution in [0.25, 0.3) is 22.6 Å². The van der Waals surface area contributed by atoms with Crippen molar-refractivity contribution in [3.8, 4) is 28.4 Å². The Labute approximate surface area is 168 Å². The lowest BCUT2D eigenvalue weighted by molar-refractivity contribution is 0.299. The molecule has 0 spiro atoms. The zero-order chi connectivity index (χ0) is 19.5. The maximum atomic E-state index is 5.93. The Hall–Kier alpha value is -3.18. The summed E-state index contributed by atoms with van der Waals surface area (Å²) in [6.07, 6.45) is 5.36. The zero-order valence-electron chi connectivity index (χ0n) is 15.6. The summed E-state index contributed by atoms with van der Waals surface area (Å²) in [5.41, 5.74) is 5.95. The topological polar surface area (TPSA) is 63.7 Å². The molecule has 0 aliphatic heterocycles. The standard InChI is InChI=1S/C22H19ClN4O/c1-14-3-6-18(24-10-14)13-28-20-7-4-16(9-15(20)2)19-12-26-22(27-19)17-5-8-21(23)25-11-17/h3-12H,13H2,1-2H3,(H,26,27). The van der Waals surface area contributed by atoms with E-state index >= 15 is 0 Å². The molecule has 0 bridgehead atoms. The third-order valence-corrected chi connectivity index (χ3v) is 4.63. The number of halogens is 1. The van der Waals surface area contributed by atoms with Crippen LogP contribution in [-0.4, -0.2) is 19.9 Å². The molecule has 0 saturated heterocycles. The van der Waals surface area contributed by atoms with Gasteiger partial charge in [0.15, 0.2) is 0 Å². The van der Waals surface area contributed by atoms with Gasteiger partial charge in [-0.3, -0.25) is 4.98 Å². The van der Waals surface area contributed by atoms with Crippen LogP contribution in [0.1, 0.15) is 16.8 Å². The summed E-state index contributed by atoms with van der Waals surface area (Å²) in [5.74, 6) is 1.59. The van der Waals surface area contributed by atoms with Crippen LogP contribution in [0.5, 0.6) is 5.75 Å². The Balaban J connectivity index is 1.50. The van der Waals surface area contributed by atoms with Crippen molar-refractivity contribution in [3.05, 3.63) is 83.0 Å². The summed E-state index contributed by atoms with van der Waals surface area (Å²) in [7, 11) is 0. The fourth-order valence-electron chi connectivity index (χ4n) is 2.84. The van der Waals surface area contributed by atoms with Crippen LogP contribution in [0.15, 0.2) is 61.1 Å². The molecule has 0 atom stereocenters. The number of hydrogen-bond donors (Lipinski definition) is 1. The van der Waals surface area contributed by atoms with Crippen LogP contribution in [0.4, 0.5) is 0 Å². The van der Waals surface area contributed by atoms with Gasteiger partial charge in [-0.05, 0) is 61.4 Å². The van der Waals surface area contributed by atoms with E-state index in [9.17, 15) is 0 Å². The molecule has 0 aliphatic carbocycles. The largest absolute Gasteiger partial charge is 0.487 e. The molecule has 4 rings (SSSR count). The molecule has 1 N–H and O–H groups in total. The van der Waals surface area contributed by atoms with Crippen LogP contribution in [0, 0.1) is 13.8 Å². The molecule has 3 heterocycles. The first-order valence-corrected chi connectivity index (χ1v) is 9.28. The number of aromatic nitrogens is 4. The highest BCUT2D eigenvalue weighted by atomic mass is 35.5. The number of imidazole rings is 1. The van der Waals surface area contributed by atoms with Gasteiger partial charge >= 0.3 is 0 Å². The van der Waals surface area contributed by atoms with Crippen molar-refractivity contribution >= 4 is 11.6 Å². The maximum Gasteiger partial charge on any atom is 0.139 e. The van der Waals surface area contributed by atoms with Gasteiger partial charge in [0, 0.05) is 23.5 Å². The second kappa shape index (κ2) is 7.82. The first kappa shape index (κ1) is 18.2. The summed E-state index contributed by atoms with van der Waals surface area (Å²) in [4.78, 5) is 16.3. The van der Waals surface area contributed by atoms with Gasteiger partial charge in [-0.2, -0.15) is 0 Å². The van der Waals surface area contributed by atoms with Crippen LogP contribution < -0.4 is 4.74 Å². The smallest absolute Gasteiger partial charge is 0.139 e. The fourth-order valence-corrected chi connectivity index (χ4v) is 2.96. The summed E-state index contributed by atoms with van der Waals surface area (Å²) in [6, 6.07) is 13.7. The van der Waals surface area contributed by atoms with Crippen LogP contribution >= 0.6 is 11.6 Å². The number of hydrogen-bond acceptors (Lipinski definition) is 4. The second-order valence-electron chi connectivity index (χ2n) is 6.61. The van der Waals surface area contributed by atoms with E-state index in [4.69, 9.17) is 16.3 Å². The Morgan fingerprint density at radius 3 is 2.46 bits per heavy atom. The molecule has 140 valence electrons. The summed E-state index contributed by atoms with van der Waals surface area (Å²) in [5, 5.41) is 0.461. The van der Waals surface area contributed by atoms with Gasteiger partial charge in [-0.25, -0.2) is 9.97 Å². The zero-order valence-corrected chi connectivity index (χ0v) is 16.4. The first-order chi connectivity index (χ1) is 13.6. The summed E-state index contributed by atoms with van der Waals surface area (Å²) in [6.45, 7) is 4.49. The lowest BCUT2D eigenvalue weighted by Crippen LogP contribution is -1.99. The molecular formula is C22H19ClN4O. The normalized spacial score (nSPS) is 10.8. The molecule has 4 aromatic rings. The highest BCUT2D eigenvalue weighted by Gasteiger charge is 2.09. The average molecular weight is 391 g/mol. The van der Waals surface area contributed by atoms with Gasteiger partial charge in [0.1, 0.15) is 23.3 Å². The summed E-state index contributed by atoms with van der Waals surface area (Å²) < 4.78 is 5.93. The highest BCUT2D eigenvalue weighted by Crippen LogP contribution is 2.27. The van der Waals surface area contributed by atoms with Gasteiger partial charge in [0.2, 0.25) is 0 Å². The molecule has 0 saturated carbocycles. The summed E-state index contributed by atoms with van der Waals surface area (Å²) >= 11 is 5.85. The van der Waals surface area contributed by atoms with E-state index in [-0.39, 0.29) is 0 Å². The van der Waals surface area contributed by atoms with E-state index in [0.717, 1.165) is 45.2 Å². The average Bonchev–Trinajstić information content (AvgIpc) is 3.19. The van der Waals surface area contributed by atoms with E-state index in [0.29, 0.717) is 11.8 Å². The van der Waals surface area contributed by atoms with Crippen molar-refractivity contribution < 1.29 is 4.74 Å². The number of nitrogens with one attached hydrogen (secondary N) is 1. The highest BCUT2D eigenvalue weighted by molar-refractivity contribution is 6.29. The van der Waals surface area contributed by atoms with Crippen molar-refractivity contribution in [2.24, 2.45) is 0 Å². The number of benzene rings is 1.